The molecule has 0 aromatic heterocycles. The third-order valence-electron chi connectivity index (χ3n) is 0.508. The number of rotatable bonds is 3. The molecule has 0 rings (SSSR count). The summed E-state index contributed by atoms with van der Waals surface area (Å²) in [6.07, 6.45) is 3.50. The van der Waals surface area contributed by atoms with Crippen LogP contribution in [0, 0.1) is 0 Å². The Balaban J connectivity index is -0.0000000400. The van der Waals surface area contributed by atoms with Gasteiger partial charge in [0.25, 0.3) is 0 Å². The molecule has 0 aliphatic carbocycles. The fourth-order valence-corrected chi connectivity index (χ4v) is 0.204. The van der Waals surface area contributed by atoms with E-state index in [4.69, 9.17) is 14.9 Å². The van der Waals surface area contributed by atoms with Gasteiger partial charge in [-0.25, -0.2) is 0 Å². The summed E-state index contributed by atoms with van der Waals surface area (Å²) in [4.78, 5) is 0. The molecule has 0 unspecified atom stereocenters. The highest BCUT2D eigenvalue weighted by Gasteiger charge is 1.64. The van der Waals surface area contributed by atoms with Gasteiger partial charge in [-0.3, -0.25) is 0 Å². The van der Waals surface area contributed by atoms with E-state index in [2.05, 4.69) is 17.9 Å². The smallest absolute Gasteiger partial charge is 0.0662 e. The molecule has 0 radical (unpaired) electrons. The lowest BCUT2D eigenvalue weighted by Crippen LogP contribution is -1.85. The van der Waals surface area contributed by atoms with Crippen LogP contribution in [-0.2, 0) is 9.47 Å². The van der Waals surface area contributed by atoms with E-state index in [1.807, 2.05) is 27.7 Å². The predicted octanol–water partition coefficient (Wildman–Crippen LogP) is 2.66. The summed E-state index contributed by atoms with van der Waals surface area (Å²) in [5.74, 6) is 0. The standard InChI is InChI=1S/C4H10O.2C3H6.C2H6O2.C2H6O/c1-3-5-4-2;2*1-3-2;3-1-2-4;1-3-2/h3-4H2,1-2H3;2*3H,1H2,2H3;3-4H,1-2H2;1-2H3. The van der Waals surface area contributed by atoms with Gasteiger partial charge in [-0.1, -0.05) is 12.2 Å². The maximum Gasteiger partial charge on any atom is 0.0662 e. The lowest BCUT2D eigenvalue weighted by atomic mass is 10.8. The van der Waals surface area contributed by atoms with Gasteiger partial charge in [-0.15, -0.1) is 13.2 Å². The quantitative estimate of drug-likeness (QED) is 0.771. The molecule has 18 heavy (non-hydrogen) atoms. The third-order valence-corrected chi connectivity index (χ3v) is 0.508. The van der Waals surface area contributed by atoms with Gasteiger partial charge in [0.15, 0.2) is 0 Å². The molecule has 0 spiro atoms. The van der Waals surface area contributed by atoms with Crippen LogP contribution in [0.25, 0.3) is 0 Å². The van der Waals surface area contributed by atoms with E-state index in [0.717, 1.165) is 13.2 Å². The first-order chi connectivity index (χ1) is 8.57. The number of ether oxygens (including phenoxy) is 2. The van der Waals surface area contributed by atoms with E-state index in [1.165, 1.54) is 0 Å². The maximum atomic E-state index is 7.62. The molecule has 0 aromatic carbocycles. The van der Waals surface area contributed by atoms with E-state index in [0.29, 0.717) is 0 Å². The van der Waals surface area contributed by atoms with E-state index in [-0.39, 0.29) is 13.2 Å². The van der Waals surface area contributed by atoms with Crippen LogP contribution in [0.3, 0.4) is 0 Å². The van der Waals surface area contributed by atoms with Crippen LogP contribution in [-0.4, -0.2) is 50.9 Å². The molecular formula is C14H34O4. The van der Waals surface area contributed by atoms with Crippen LogP contribution in [0.2, 0.25) is 0 Å². The van der Waals surface area contributed by atoms with Crippen molar-refractivity contribution in [1.82, 2.24) is 0 Å². The lowest BCUT2D eigenvalue weighted by molar-refractivity contribution is 0.162. The SMILES string of the molecule is C=CC.C=CC.CCOCC.COC.OCCO. The summed E-state index contributed by atoms with van der Waals surface area (Å²) >= 11 is 0. The predicted molar refractivity (Wildman–Crippen MR) is 81.0 cm³/mol. The van der Waals surface area contributed by atoms with Crippen molar-refractivity contribution in [1.29, 1.82) is 0 Å². The number of aliphatic hydroxyl groups is 2. The first-order valence-electron chi connectivity index (χ1n) is 5.91. The number of hydrogen-bond acceptors (Lipinski definition) is 4. The molecule has 0 atom stereocenters. The van der Waals surface area contributed by atoms with Crippen molar-refractivity contribution in [3.05, 3.63) is 25.3 Å². The van der Waals surface area contributed by atoms with Crippen LogP contribution in [0.4, 0.5) is 0 Å². The molecule has 0 bridgehead atoms. The highest BCUT2D eigenvalue weighted by molar-refractivity contribution is 4.51. The molecule has 0 heterocycles. The highest BCUT2D eigenvalue weighted by atomic mass is 16.5. The largest absolute Gasteiger partial charge is 0.394 e. The average Bonchev–Trinajstić information content (AvgIpc) is 2.33. The van der Waals surface area contributed by atoms with Crippen LogP contribution in [0.5, 0.6) is 0 Å². The Morgan fingerprint density at radius 2 is 1.06 bits per heavy atom. The van der Waals surface area contributed by atoms with Crippen molar-refractivity contribution >= 4 is 0 Å². The second-order valence-electron chi connectivity index (χ2n) is 2.45. The molecule has 0 amide bonds. The van der Waals surface area contributed by atoms with Gasteiger partial charge in [-0.2, -0.15) is 0 Å². The maximum absolute atomic E-state index is 7.62. The normalized spacial score (nSPS) is 6.44. The van der Waals surface area contributed by atoms with Crippen LogP contribution in [0.1, 0.15) is 27.7 Å². The second-order valence-corrected chi connectivity index (χ2v) is 2.45. The van der Waals surface area contributed by atoms with Crippen molar-refractivity contribution in [3.8, 4) is 0 Å². The average molecular weight is 266 g/mol. The van der Waals surface area contributed by atoms with Crippen molar-refractivity contribution in [2.75, 3.05) is 40.6 Å². The molecule has 0 saturated heterocycles. The van der Waals surface area contributed by atoms with E-state index in [1.54, 1.807) is 26.4 Å². The van der Waals surface area contributed by atoms with Gasteiger partial charge < -0.3 is 19.7 Å². The number of methoxy groups -OCH3 is 1. The first kappa shape index (κ1) is 30.4. The van der Waals surface area contributed by atoms with Gasteiger partial charge >= 0.3 is 0 Å². The minimum Gasteiger partial charge on any atom is -0.394 e. The Morgan fingerprint density at radius 3 is 1.06 bits per heavy atom. The molecule has 2 N–H and O–H groups in total. The molecule has 4 nitrogen and oxygen atoms in total. The fourth-order valence-electron chi connectivity index (χ4n) is 0.204. The number of aliphatic hydroxyl groups excluding tert-OH is 2. The Morgan fingerprint density at radius 1 is 0.889 bits per heavy atom. The van der Waals surface area contributed by atoms with Crippen LogP contribution >= 0.6 is 0 Å². The summed E-state index contributed by atoms with van der Waals surface area (Å²) < 4.78 is 9.08. The summed E-state index contributed by atoms with van der Waals surface area (Å²) in [5, 5.41) is 15.2. The summed E-state index contributed by atoms with van der Waals surface area (Å²) in [5.41, 5.74) is 0. The zero-order valence-corrected chi connectivity index (χ0v) is 13.1. The molecule has 0 fully saturated rings. The summed E-state index contributed by atoms with van der Waals surface area (Å²) in [6, 6.07) is 0. The van der Waals surface area contributed by atoms with Crippen molar-refractivity contribution in [2.45, 2.75) is 27.7 Å². The lowest BCUT2D eigenvalue weighted by Gasteiger charge is -1.86. The Hall–Kier alpha value is -0.680. The fraction of sp³-hybridized carbons (Fsp3) is 0.714. The van der Waals surface area contributed by atoms with Gasteiger partial charge in [0.1, 0.15) is 0 Å². The Kier molecular flexibility index (Phi) is 121. The molecule has 4 heteroatoms. The zero-order valence-electron chi connectivity index (χ0n) is 13.1. The van der Waals surface area contributed by atoms with Gasteiger partial charge in [0, 0.05) is 27.4 Å². The molecule has 0 saturated carbocycles. The van der Waals surface area contributed by atoms with Gasteiger partial charge in [0.2, 0.25) is 0 Å². The molecule has 0 aromatic rings. The topological polar surface area (TPSA) is 58.9 Å². The van der Waals surface area contributed by atoms with Gasteiger partial charge in [0.05, 0.1) is 13.2 Å². The van der Waals surface area contributed by atoms with Crippen LogP contribution in [0.15, 0.2) is 25.3 Å². The Labute approximate surface area is 114 Å². The number of allylic oxidation sites excluding steroid dienone is 2. The Bertz CT molecular complexity index is 85.8. The first-order valence-corrected chi connectivity index (χ1v) is 5.91. The van der Waals surface area contributed by atoms with Gasteiger partial charge in [-0.05, 0) is 27.7 Å². The second kappa shape index (κ2) is 71.5. The summed E-state index contributed by atoms with van der Waals surface area (Å²) in [6.45, 7) is 15.9. The molecule has 0 aliphatic heterocycles. The van der Waals surface area contributed by atoms with Crippen LogP contribution < -0.4 is 0 Å². The highest BCUT2D eigenvalue weighted by Crippen LogP contribution is 1.64. The van der Waals surface area contributed by atoms with E-state index < -0.39 is 0 Å². The molecule has 0 aliphatic rings. The third kappa shape index (κ3) is 584. The van der Waals surface area contributed by atoms with Crippen molar-refractivity contribution in [2.24, 2.45) is 0 Å². The van der Waals surface area contributed by atoms with E-state index in [9.17, 15) is 0 Å². The zero-order chi connectivity index (χ0) is 15.7. The van der Waals surface area contributed by atoms with Crippen molar-refractivity contribution < 1.29 is 19.7 Å². The molecular weight excluding hydrogens is 232 g/mol. The monoisotopic (exact) mass is 266 g/mol. The van der Waals surface area contributed by atoms with Crippen molar-refractivity contribution in [3.63, 3.8) is 0 Å². The van der Waals surface area contributed by atoms with E-state index >= 15 is 0 Å². The molecule has 114 valence electrons. The number of hydrogen-bond donors (Lipinski definition) is 2. The minimum absolute atomic E-state index is 0.125. The summed E-state index contributed by atoms with van der Waals surface area (Å²) in [7, 11) is 3.25. The minimum atomic E-state index is -0.125.